The summed E-state index contributed by atoms with van der Waals surface area (Å²) in [7, 11) is 0. The molecule has 2 heteroatoms. The van der Waals surface area contributed by atoms with Crippen molar-refractivity contribution in [3.8, 4) is 0 Å². The molecule has 1 heterocycles. The maximum atomic E-state index is 4.08. The minimum absolute atomic E-state index is 0.803. The van der Waals surface area contributed by atoms with Crippen LogP contribution in [-0.2, 0) is 0 Å². The molecule has 0 fully saturated rings. The van der Waals surface area contributed by atoms with Crippen LogP contribution in [0.4, 0.5) is 0 Å². The van der Waals surface area contributed by atoms with Gasteiger partial charge in [-0.2, -0.15) is 0 Å². The zero-order valence-corrected chi connectivity index (χ0v) is 6.96. The van der Waals surface area contributed by atoms with Crippen molar-refractivity contribution in [3.63, 3.8) is 0 Å². The third-order valence-corrected chi connectivity index (χ3v) is 1.62. The number of allylic oxidation sites excluding steroid dienone is 1. The molecule has 11 heavy (non-hydrogen) atoms. The molecular formula is C9H12N2. The van der Waals surface area contributed by atoms with Gasteiger partial charge in [-0.05, 0) is 18.9 Å². The van der Waals surface area contributed by atoms with Gasteiger partial charge in [-0.15, -0.1) is 0 Å². The first-order valence-corrected chi connectivity index (χ1v) is 3.71. The number of rotatable bonds is 2. The van der Waals surface area contributed by atoms with Crippen LogP contribution in [0.25, 0.3) is 5.57 Å². The lowest BCUT2D eigenvalue weighted by Gasteiger charge is -2.00. The van der Waals surface area contributed by atoms with Crippen molar-refractivity contribution in [1.29, 1.82) is 0 Å². The molecule has 0 aliphatic rings. The number of hydrogen-bond acceptors (Lipinski definition) is 2. The Kier molecular flexibility index (Phi) is 2.36. The average Bonchev–Trinajstić information content (AvgIpc) is 2.05. The quantitative estimate of drug-likeness (QED) is 0.642. The maximum Gasteiger partial charge on any atom is 0.125 e. The van der Waals surface area contributed by atoms with Crippen molar-refractivity contribution in [3.05, 3.63) is 30.4 Å². The highest BCUT2D eigenvalue weighted by Gasteiger charge is 1.95. The first-order valence-electron chi connectivity index (χ1n) is 3.71. The van der Waals surface area contributed by atoms with Crippen LogP contribution < -0.4 is 0 Å². The topological polar surface area (TPSA) is 25.8 Å². The van der Waals surface area contributed by atoms with Crippen molar-refractivity contribution in [1.82, 2.24) is 9.97 Å². The predicted octanol–water partition coefficient (Wildman–Crippen LogP) is 2.21. The summed E-state index contributed by atoms with van der Waals surface area (Å²) < 4.78 is 0. The fourth-order valence-corrected chi connectivity index (χ4v) is 0.779. The molecule has 0 atom stereocenters. The molecule has 58 valence electrons. The van der Waals surface area contributed by atoms with Gasteiger partial charge < -0.3 is 0 Å². The van der Waals surface area contributed by atoms with Crippen LogP contribution >= 0.6 is 0 Å². The van der Waals surface area contributed by atoms with E-state index in [1.54, 1.807) is 0 Å². The highest BCUT2D eigenvalue weighted by molar-refractivity contribution is 5.61. The highest BCUT2D eigenvalue weighted by atomic mass is 14.8. The molecule has 0 bridgehead atoms. The molecule has 2 nitrogen and oxygen atoms in total. The third-order valence-electron chi connectivity index (χ3n) is 1.62. The van der Waals surface area contributed by atoms with Crippen LogP contribution in [0, 0.1) is 6.92 Å². The summed E-state index contributed by atoms with van der Waals surface area (Å²) in [5.41, 5.74) is 2.13. The monoisotopic (exact) mass is 148 g/mol. The van der Waals surface area contributed by atoms with E-state index < -0.39 is 0 Å². The van der Waals surface area contributed by atoms with E-state index >= 15 is 0 Å². The van der Waals surface area contributed by atoms with Crippen LogP contribution in [0.5, 0.6) is 0 Å². The molecule has 0 N–H and O–H groups in total. The number of aromatic nitrogens is 2. The van der Waals surface area contributed by atoms with Crippen LogP contribution in [-0.4, -0.2) is 9.97 Å². The minimum atomic E-state index is 0.803. The molecule has 0 radical (unpaired) electrons. The van der Waals surface area contributed by atoms with Gasteiger partial charge in [0.15, 0.2) is 0 Å². The largest absolute Gasteiger partial charge is 0.241 e. The summed E-state index contributed by atoms with van der Waals surface area (Å²) in [5, 5.41) is 0. The number of hydrogen-bond donors (Lipinski definition) is 0. The summed E-state index contributed by atoms with van der Waals surface area (Å²) in [5.74, 6) is 0.803. The second-order valence-electron chi connectivity index (χ2n) is 2.48. The summed E-state index contributed by atoms with van der Waals surface area (Å²) >= 11 is 0. The lowest BCUT2D eigenvalue weighted by Crippen LogP contribution is -1.89. The van der Waals surface area contributed by atoms with Gasteiger partial charge in [-0.3, -0.25) is 0 Å². The van der Waals surface area contributed by atoms with Gasteiger partial charge in [0, 0.05) is 18.0 Å². The minimum Gasteiger partial charge on any atom is -0.241 e. The first-order chi connectivity index (χ1) is 5.24. The standard InChI is InChI=1S/C9H12N2/c1-4-7(2)9-5-10-8(3)11-6-9/h5-6H,2,4H2,1,3H3. The molecular weight excluding hydrogens is 136 g/mol. The Morgan fingerprint density at radius 2 is 2.00 bits per heavy atom. The Morgan fingerprint density at radius 3 is 2.45 bits per heavy atom. The highest BCUT2D eigenvalue weighted by Crippen LogP contribution is 2.12. The van der Waals surface area contributed by atoms with Gasteiger partial charge in [0.25, 0.3) is 0 Å². The number of aryl methyl sites for hydroxylation is 1. The van der Waals surface area contributed by atoms with Crippen LogP contribution in [0.15, 0.2) is 19.0 Å². The molecule has 0 aliphatic heterocycles. The zero-order chi connectivity index (χ0) is 8.27. The van der Waals surface area contributed by atoms with E-state index in [1.165, 1.54) is 0 Å². The maximum absolute atomic E-state index is 4.08. The Labute approximate surface area is 67.0 Å². The third kappa shape index (κ3) is 1.87. The smallest absolute Gasteiger partial charge is 0.125 e. The van der Waals surface area contributed by atoms with E-state index in [2.05, 4.69) is 23.5 Å². The lowest BCUT2D eigenvalue weighted by molar-refractivity contribution is 1.04. The molecule has 0 spiro atoms. The van der Waals surface area contributed by atoms with Crippen molar-refractivity contribution >= 4 is 5.57 Å². The predicted molar refractivity (Wildman–Crippen MR) is 46.1 cm³/mol. The van der Waals surface area contributed by atoms with E-state index in [4.69, 9.17) is 0 Å². The molecule has 1 aromatic rings. The van der Waals surface area contributed by atoms with E-state index in [9.17, 15) is 0 Å². The molecule has 1 rings (SSSR count). The van der Waals surface area contributed by atoms with Crippen molar-refractivity contribution in [2.45, 2.75) is 20.3 Å². The Bertz CT molecular complexity index is 249. The molecule has 0 amide bonds. The van der Waals surface area contributed by atoms with Gasteiger partial charge in [-0.1, -0.05) is 13.5 Å². The molecule has 0 aromatic carbocycles. The van der Waals surface area contributed by atoms with Crippen molar-refractivity contribution in [2.75, 3.05) is 0 Å². The van der Waals surface area contributed by atoms with Crippen molar-refractivity contribution in [2.24, 2.45) is 0 Å². The van der Waals surface area contributed by atoms with Gasteiger partial charge in [-0.25, -0.2) is 9.97 Å². The van der Waals surface area contributed by atoms with Gasteiger partial charge in [0.2, 0.25) is 0 Å². The fraction of sp³-hybridized carbons (Fsp3) is 0.333. The molecule has 0 saturated heterocycles. The first kappa shape index (κ1) is 7.92. The van der Waals surface area contributed by atoms with Crippen LogP contribution in [0.3, 0.4) is 0 Å². The second-order valence-corrected chi connectivity index (χ2v) is 2.48. The Balaban J connectivity index is 2.90. The van der Waals surface area contributed by atoms with E-state index in [0.717, 1.165) is 23.4 Å². The van der Waals surface area contributed by atoms with Crippen LogP contribution in [0.2, 0.25) is 0 Å². The lowest BCUT2D eigenvalue weighted by atomic mass is 10.1. The molecule has 0 aliphatic carbocycles. The summed E-state index contributed by atoms with van der Waals surface area (Å²) in [6.07, 6.45) is 4.58. The summed E-state index contributed by atoms with van der Waals surface area (Å²) in [6, 6.07) is 0. The van der Waals surface area contributed by atoms with Crippen molar-refractivity contribution < 1.29 is 0 Å². The van der Waals surface area contributed by atoms with Gasteiger partial charge >= 0.3 is 0 Å². The molecule has 1 aromatic heterocycles. The molecule has 0 saturated carbocycles. The van der Waals surface area contributed by atoms with E-state index in [-0.39, 0.29) is 0 Å². The average molecular weight is 148 g/mol. The van der Waals surface area contributed by atoms with E-state index in [1.807, 2.05) is 19.3 Å². The second kappa shape index (κ2) is 3.28. The van der Waals surface area contributed by atoms with Gasteiger partial charge in [0.05, 0.1) is 0 Å². The Morgan fingerprint density at radius 1 is 1.45 bits per heavy atom. The van der Waals surface area contributed by atoms with E-state index in [0.29, 0.717) is 0 Å². The zero-order valence-electron chi connectivity index (χ0n) is 6.96. The SMILES string of the molecule is C=C(CC)c1cnc(C)nc1. The normalized spacial score (nSPS) is 9.64. The Hall–Kier alpha value is -1.18. The van der Waals surface area contributed by atoms with Crippen LogP contribution in [0.1, 0.15) is 24.7 Å². The fourth-order valence-electron chi connectivity index (χ4n) is 0.779. The van der Waals surface area contributed by atoms with Gasteiger partial charge in [0.1, 0.15) is 5.82 Å². The molecule has 0 unspecified atom stereocenters. The summed E-state index contributed by atoms with van der Waals surface area (Å²) in [6.45, 7) is 7.84. The number of nitrogens with zero attached hydrogens (tertiary/aromatic N) is 2. The summed E-state index contributed by atoms with van der Waals surface area (Å²) in [4.78, 5) is 8.15.